The van der Waals surface area contributed by atoms with Crippen molar-refractivity contribution in [1.82, 2.24) is 9.62 Å². The zero-order chi connectivity index (χ0) is 16.3. The molecule has 1 aliphatic heterocycles. The second-order valence-corrected chi connectivity index (χ2v) is 8.17. The van der Waals surface area contributed by atoms with Gasteiger partial charge in [0.05, 0.1) is 4.90 Å². The van der Waals surface area contributed by atoms with Crippen LogP contribution < -0.4 is 4.72 Å². The second kappa shape index (κ2) is 7.09. The summed E-state index contributed by atoms with van der Waals surface area (Å²) < 4.78 is 40.4. The first-order valence-corrected chi connectivity index (χ1v) is 10.0. The first-order valence-electron chi connectivity index (χ1n) is 7.58. The SMILES string of the molecule is O=S(=O)(NC[C@@H](c1ccsc1)N1CCCC1)c1ccc(F)cc1. The standard InChI is InChI=1S/C16H19FN2O2S2/c17-14-3-5-15(6-4-14)23(20,21)18-11-16(13-7-10-22-12-13)19-8-1-2-9-19/h3-7,10,12,16,18H,1-2,8-9,11H2/t16-/m0/s1. The summed E-state index contributed by atoms with van der Waals surface area (Å²) in [5, 5.41) is 4.07. The number of sulfonamides is 1. The molecule has 0 unspecified atom stereocenters. The third kappa shape index (κ3) is 3.98. The molecular formula is C16H19FN2O2S2. The highest BCUT2D eigenvalue weighted by Crippen LogP contribution is 2.26. The maximum Gasteiger partial charge on any atom is 0.240 e. The maximum atomic E-state index is 13.0. The van der Waals surface area contributed by atoms with Gasteiger partial charge in [0, 0.05) is 12.6 Å². The quantitative estimate of drug-likeness (QED) is 0.868. The summed E-state index contributed by atoms with van der Waals surface area (Å²) in [4.78, 5) is 2.40. The van der Waals surface area contributed by atoms with Gasteiger partial charge in [-0.1, -0.05) is 0 Å². The summed E-state index contributed by atoms with van der Waals surface area (Å²) in [6.45, 7) is 2.29. The van der Waals surface area contributed by atoms with Crippen molar-refractivity contribution < 1.29 is 12.8 Å². The fourth-order valence-corrected chi connectivity index (χ4v) is 4.61. The van der Waals surface area contributed by atoms with Crippen LogP contribution >= 0.6 is 11.3 Å². The summed E-state index contributed by atoms with van der Waals surface area (Å²) >= 11 is 1.61. The molecule has 0 spiro atoms. The first kappa shape index (κ1) is 16.6. The van der Waals surface area contributed by atoms with E-state index in [2.05, 4.69) is 15.0 Å². The third-order valence-corrected chi connectivity index (χ3v) is 6.24. The molecule has 124 valence electrons. The van der Waals surface area contributed by atoms with Gasteiger partial charge in [-0.15, -0.1) is 0 Å². The van der Waals surface area contributed by atoms with Crippen LogP contribution in [0.4, 0.5) is 4.39 Å². The number of thiophene rings is 1. The second-order valence-electron chi connectivity index (χ2n) is 5.62. The Balaban J connectivity index is 1.74. The molecule has 0 bridgehead atoms. The van der Waals surface area contributed by atoms with Crippen molar-refractivity contribution in [3.63, 3.8) is 0 Å². The lowest BCUT2D eigenvalue weighted by atomic mass is 10.1. The van der Waals surface area contributed by atoms with Crippen molar-refractivity contribution in [2.75, 3.05) is 19.6 Å². The molecule has 1 aromatic carbocycles. The number of nitrogens with zero attached hydrogens (tertiary/aromatic N) is 1. The fourth-order valence-electron chi connectivity index (χ4n) is 2.86. The zero-order valence-electron chi connectivity index (χ0n) is 12.6. The Morgan fingerprint density at radius 3 is 2.48 bits per heavy atom. The van der Waals surface area contributed by atoms with Crippen LogP contribution in [0, 0.1) is 5.82 Å². The van der Waals surface area contributed by atoms with Gasteiger partial charge in [-0.05, 0) is 72.6 Å². The number of benzene rings is 1. The Hall–Kier alpha value is -1.28. The van der Waals surface area contributed by atoms with E-state index in [1.807, 2.05) is 11.4 Å². The summed E-state index contributed by atoms with van der Waals surface area (Å²) in [6.07, 6.45) is 2.29. The predicted octanol–water partition coefficient (Wildman–Crippen LogP) is 3.00. The van der Waals surface area contributed by atoms with Gasteiger partial charge in [0.2, 0.25) is 10.0 Å². The zero-order valence-corrected chi connectivity index (χ0v) is 14.2. The van der Waals surface area contributed by atoms with Crippen molar-refractivity contribution in [2.45, 2.75) is 23.8 Å². The largest absolute Gasteiger partial charge is 0.295 e. The molecule has 1 atom stereocenters. The Bertz CT molecular complexity index is 724. The molecule has 2 heterocycles. The summed E-state index contributed by atoms with van der Waals surface area (Å²) in [7, 11) is -3.63. The van der Waals surface area contributed by atoms with Crippen molar-refractivity contribution in [1.29, 1.82) is 0 Å². The average Bonchev–Trinajstić information content (AvgIpc) is 3.21. The Kier molecular flexibility index (Phi) is 5.11. The van der Waals surface area contributed by atoms with Crippen LogP contribution in [0.3, 0.4) is 0 Å². The molecule has 1 N–H and O–H groups in total. The van der Waals surface area contributed by atoms with Gasteiger partial charge < -0.3 is 0 Å². The highest BCUT2D eigenvalue weighted by molar-refractivity contribution is 7.89. The molecule has 0 radical (unpaired) electrons. The third-order valence-electron chi connectivity index (χ3n) is 4.10. The molecule has 1 fully saturated rings. The van der Waals surface area contributed by atoms with Crippen molar-refractivity contribution in [3.8, 4) is 0 Å². The minimum Gasteiger partial charge on any atom is -0.295 e. The molecule has 4 nitrogen and oxygen atoms in total. The number of nitrogens with one attached hydrogen (secondary N) is 1. The van der Waals surface area contributed by atoms with E-state index in [4.69, 9.17) is 0 Å². The van der Waals surface area contributed by atoms with Crippen LogP contribution in [0.25, 0.3) is 0 Å². The minimum atomic E-state index is -3.63. The number of rotatable bonds is 6. The lowest BCUT2D eigenvalue weighted by Gasteiger charge is -2.27. The molecule has 1 aliphatic rings. The van der Waals surface area contributed by atoms with E-state index < -0.39 is 15.8 Å². The average molecular weight is 354 g/mol. The molecule has 7 heteroatoms. The van der Waals surface area contributed by atoms with E-state index in [1.54, 1.807) is 11.3 Å². The van der Waals surface area contributed by atoms with Gasteiger partial charge in [0.25, 0.3) is 0 Å². The van der Waals surface area contributed by atoms with E-state index >= 15 is 0 Å². The van der Waals surface area contributed by atoms with Gasteiger partial charge in [0.1, 0.15) is 5.82 Å². The molecule has 2 aromatic rings. The smallest absolute Gasteiger partial charge is 0.240 e. The predicted molar refractivity (Wildman–Crippen MR) is 89.5 cm³/mol. The normalized spacial score (nSPS) is 17.4. The van der Waals surface area contributed by atoms with E-state index in [0.717, 1.165) is 43.6 Å². The number of halogens is 1. The van der Waals surface area contributed by atoms with Crippen LogP contribution in [-0.2, 0) is 10.0 Å². The highest BCUT2D eigenvalue weighted by Gasteiger charge is 2.25. The van der Waals surface area contributed by atoms with Crippen molar-refractivity contribution >= 4 is 21.4 Å². The topological polar surface area (TPSA) is 49.4 Å². The Labute approximate surface area is 140 Å². The van der Waals surface area contributed by atoms with Crippen molar-refractivity contribution in [2.24, 2.45) is 0 Å². The van der Waals surface area contributed by atoms with Crippen LogP contribution in [0.2, 0.25) is 0 Å². The van der Waals surface area contributed by atoms with E-state index in [9.17, 15) is 12.8 Å². The Morgan fingerprint density at radius 2 is 1.87 bits per heavy atom. The number of likely N-dealkylation sites (tertiary alicyclic amines) is 1. The van der Waals surface area contributed by atoms with E-state index in [1.165, 1.54) is 12.1 Å². The maximum absolute atomic E-state index is 13.0. The molecule has 1 saturated heterocycles. The van der Waals surface area contributed by atoms with Crippen LogP contribution in [0.1, 0.15) is 24.4 Å². The van der Waals surface area contributed by atoms with Gasteiger partial charge in [-0.25, -0.2) is 17.5 Å². The van der Waals surface area contributed by atoms with E-state index in [0.29, 0.717) is 6.54 Å². The number of hydrogen-bond donors (Lipinski definition) is 1. The monoisotopic (exact) mass is 354 g/mol. The molecule has 23 heavy (non-hydrogen) atoms. The molecule has 0 aliphatic carbocycles. The van der Waals surface area contributed by atoms with Gasteiger partial charge in [0.15, 0.2) is 0 Å². The van der Waals surface area contributed by atoms with Crippen LogP contribution in [-0.4, -0.2) is 33.0 Å². The van der Waals surface area contributed by atoms with Crippen molar-refractivity contribution in [3.05, 3.63) is 52.5 Å². The van der Waals surface area contributed by atoms with Crippen LogP contribution in [0.15, 0.2) is 46.0 Å². The Morgan fingerprint density at radius 1 is 1.17 bits per heavy atom. The highest BCUT2D eigenvalue weighted by atomic mass is 32.2. The lowest BCUT2D eigenvalue weighted by molar-refractivity contribution is 0.247. The molecule has 0 saturated carbocycles. The van der Waals surface area contributed by atoms with Gasteiger partial charge >= 0.3 is 0 Å². The van der Waals surface area contributed by atoms with E-state index in [-0.39, 0.29) is 10.9 Å². The van der Waals surface area contributed by atoms with Gasteiger partial charge in [-0.3, -0.25) is 4.90 Å². The summed E-state index contributed by atoms with van der Waals surface area (Å²) in [5.41, 5.74) is 1.14. The first-order chi connectivity index (χ1) is 11.1. The lowest BCUT2D eigenvalue weighted by Crippen LogP contribution is -2.36. The fraction of sp³-hybridized carbons (Fsp3) is 0.375. The summed E-state index contributed by atoms with van der Waals surface area (Å²) in [6, 6.07) is 6.97. The summed E-state index contributed by atoms with van der Waals surface area (Å²) in [5.74, 6) is -0.447. The molecular weight excluding hydrogens is 335 g/mol. The van der Waals surface area contributed by atoms with Crippen LogP contribution in [0.5, 0.6) is 0 Å². The number of hydrogen-bond acceptors (Lipinski definition) is 4. The molecule has 1 aromatic heterocycles. The minimum absolute atomic E-state index is 0.0407. The molecule has 0 amide bonds. The molecule has 3 rings (SSSR count). The van der Waals surface area contributed by atoms with Gasteiger partial charge in [-0.2, -0.15) is 11.3 Å².